The molecule has 0 saturated heterocycles. The summed E-state index contributed by atoms with van der Waals surface area (Å²) in [6, 6.07) is 8.69. The van der Waals surface area contributed by atoms with Crippen LogP contribution < -0.4 is 0 Å². The van der Waals surface area contributed by atoms with E-state index >= 15 is 0 Å². The number of carbonyl (C=O) groups excluding carboxylic acids is 1. The second-order valence-electron chi connectivity index (χ2n) is 3.93. The predicted molar refractivity (Wildman–Crippen MR) is 70.2 cm³/mol. The van der Waals surface area contributed by atoms with Crippen LogP contribution in [-0.2, 0) is 16.1 Å². The molecule has 1 rings (SSSR count). The number of hydrogen-bond acceptors (Lipinski definition) is 3. The predicted octanol–water partition coefficient (Wildman–Crippen LogP) is 2.68. The van der Waals surface area contributed by atoms with E-state index in [4.69, 9.17) is 9.84 Å². The van der Waals surface area contributed by atoms with E-state index in [1.165, 1.54) is 0 Å². The minimum atomic E-state index is -4.50. The molecule has 8 heteroatoms. The number of ether oxygens (including phenoxy) is 1. The van der Waals surface area contributed by atoms with E-state index in [1.807, 2.05) is 0 Å². The molecule has 1 N–H and O–H groups in total. The molecule has 0 spiro atoms. The molecule has 0 radical (unpaired) electrons. The fraction of sp³-hybridized carbons (Fsp3) is 0.231. The Morgan fingerprint density at radius 3 is 2.38 bits per heavy atom. The van der Waals surface area contributed by atoms with Gasteiger partial charge in [-0.05, 0) is 0 Å². The van der Waals surface area contributed by atoms with E-state index in [0.717, 1.165) is 0 Å². The summed E-state index contributed by atoms with van der Waals surface area (Å²) in [7, 11) is 0. The third-order valence-electron chi connectivity index (χ3n) is 2.22. The van der Waals surface area contributed by atoms with Crippen LogP contribution in [0.5, 0.6) is 0 Å². The van der Waals surface area contributed by atoms with Crippen LogP contribution in [0.1, 0.15) is 12.0 Å². The van der Waals surface area contributed by atoms with Crippen molar-refractivity contribution in [2.45, 2.75) is 19.2 Å². The van der Waals surface area contributed by atoms with E-state index < -0.39 is 43.4 Å². The van der Waals surface area contributed by atoms with E-state index in [0.29, 0.717) is 11.6 Å². The maximum atomic E-state index is 12.0. The van der Waals surface area contributed by atoms with Gasteiger partial charge in [-0.1, -0.05) is 0 Å². The minimum absolute atomic E-state index is 0.0324. The van der Waals surface area contributed by atoms with Gasteiger partial charge in [0.2, 0.25) is 0 Å². The number of aliphatic carboxylic acids is 1. The Hall–Kier alpha value is -1.75. The first-order valence-corrected chi connectivity index (χ1v) is 7.85. The summed E-state index contributed by atoms with van der Waals surface area (Å²) in [4.78, 5) is 22.3. The number of carboxylic acid groups (broad SMARTS) is 1. The van der Waals surface area contributed by atoms with Crippen LogP contribution in [0.2, 0.25) is 0 Å². The van der Waals surface area contributed by atoms with Crippen molar-refractivity contribution < 1.29 is 32.6 Å². The van der Waals surface area contributed by atoms with Crippen molar-refractivity contribution in [2.75, 3.05) is 0 Å². The Morgan fingerprint density at radius 1 is 1.24 bits per heavy atom. The molecule has 0 aliphatic heterocycles. The number of rotatable bonds is 6. The molecular weight excluding hydrogens is 352 g/mol. The molecular formula is C13H12AsF3O4. The molecule has 4 nitrogen and oxygen atoms in total. The van der Waals surface area contributed by atoms with Gasteiger partial charge in [0.1, 0.15) is 0 Å². The number of halogens is 3. The Bertz CT molecular complexity index is 526. The summed E-state index contributed by atoms with van der Waals surface area (Å²) >= 11 is -1.94. The summed E-state index contributed by atoms with van der Waals surface area (Å²) in [5, 5.41) is 8.79. The number of alkyl halides is 3. The van der Waals surface area contributed by atoms with E-state index in [9.17, 15) is 22.8 Å². The van der Waals surface area contributed by atoms with Gasteiger partial charge in [-0.2, -0.15) is 0 Å². The molecule has 0 heterocycles. The average molecular weight is 364 g/mol. The molecule has 0 saturated carbocycles. The van der Waals surface area contributed by atoms with Crippen molar-refractivity contribution in [1.82, 2.24) is 0 Å². The molecule has 0 bridgehead atoms. The fourth-order valence-electron chi connectivity index (χ4n) is 1.28. The molecule has 1 atom stereocenters. The molecule has 0 aliphatic carbocycles. The molecule has 0 amide bonds. The second-order valence-corrected chi connectivity index (χ2v) is 6.44. The molecule has 21 heavy (non-hydrogen) atoms. The van der Waals surface area contributed by atoms with Gasteiger partial charge in [-0.15, -0.1) is 0 Å². The number of allylic oxidation sites excluding steroid dienone is 1. The van der Waals surface area contributed by atoms with Crippen molar-refractivity contribution in [2.24, 2.45) is 0 Å². The number of hydrogen-bond donors (Lipinski definition) is 1. The third-order valence-corrected chi connectivity index (χ3v) is 4.39. The summed E-state index contributed by atoms with van der Waals surface area (Å²) in [5.41, 5.74) is 0.716. The first-order valence-electron chi connectivity index (χ1n) is 5.76. The van der Waals surface area contributed by atoms with Crippen LogP contribution in [0, 0.1) is 0 Å². The Labute approximate surface area is 125 Å². The Kier molecular flexibility index (Phi) is 6.49. The molecule has 114 valence electrons. The summed E-state index contributed by atoms with van der Waals surface area (Å²) < 4.78 is 39.7. The second kappa shape index (κ2) is 7.88. The topological polar surface area (TPSA) is 63.6 Å². The normalized spacial score (nSPS) is 12.6. The van der Waals surface area contributed by atoms with Crippen LogP contribution >= 0.6 is 0 Å². The summed E-state index contributed by atoms with van der Waals surface area (Å²) in [6.07, 6.45) is -5.34. The Balaban J connectivity index is 2.55. The van der Waals surface area contributed by atoms with E-state index in [2.05, 4.69) is 0 Å². The average Bonchev–Trinajstić information content (AvgIpc) is 2.41. The first-order chi connectivity index (χ1) is 9.78. The first kappa shape index (κ1) is 17.3. The van der Waals surface area contributed by atoms with Crippen LogP contribution in [-0.4, -0.2) is 37.8 Å². The molecule has 1 unspecified atom stereocenters. The molecule has 0 fully saturated rings. The monoisotopic (exact) mass is 364 g/mol. The molecule has 1 aromatic rings. The summed E-state index contributed by atoms with van der Waals surface area (Å²) in [6.45, 7) is -0.0324. The van der Waals surface area contributed by atoms with Crippen LogP contribution in [0.15, 0.2) is 40.8 Å². The van der Waals surface area contributed by atoms with Gasteiger partial charge in [-0.3, -0.25) is 0 Å². The quantitative estimate of drug-likeness (QED) is 0.623. The third kappa shape index (κ3) is 7.56. The van der Waals surface area contributed by atoms with Crippen LogP contribution in [0.4, 0.5) is 18.0 Å². The Morgan fingerprint density at radius 2 is 1.86 bits per heavy atom. The van der Waals surface area contributed by atoms with Gasteiger partial charge in [0.15, 0.2) is 0 Å². The maximum absolute atomic E-state index is 12.0. The van der Waals surface area contributed by atoms with Crippen molar-refractivity contribution in [3.63, 3.8) is 0 Å². The van der Waals surface area contributed by atoms with Crippen molar-refractivity contribution in [1.29, 1.82) is 0 Å². The van der Waals surface area contributed by atoms with Crippen molar-refractivity contribution >= 4 is 26.5 Å². The zero-order chi connectivity index (χ0) is 15.9. The van der Waals surface area contributed by atoms with Crippen LogP contribution in [0.3, 0.4) is 0 Å². The van der Waals surface area contributed by atoms with Gasteiger partial charge in [0.25, 0.3) is 0 Å². The van der Waals surface area contributed by atoms with Gasteiger partial charge in [0, 0.05) is 0 Å². The van der Waals surface area contributed by atoms with E-state index in [1.54, 1.807) is 30.3 Å². The number of carboxylic acids is 1. The van der Waals surface area contributed by atoms with Gasteiger partial charge in [-0.25, -0.2) is 0 Å². The molecule has 1 aromatic carbocycles. The molecule has 0 aromatic heterocycles. The zero-order valence-electron chi connectivity index (χ0n) is 10.7. The molecule has 0 aliphatic rings. The van der Waals surface area contributed by atoms with E-state index in [-0.39, 0.29) is 6.61 Å². The fourth-order valence-corrected chi connectivity index (χ4v) is 2.70. The summed E-state index contributed by atoms with van der Waals surface area (Å²) in [5.74, 6) is -1.52. The number of carbonyl (C=O) groups is 2. The van der Waals surface area contributed by atoms with Crippen LogP contribution in [0.25, 0.3) is 0 Å². The van der Waals surface area contributed by atoms with Gasteiger partial charge >= 0.3 is 125 Å². The van der Waals surface area contributed by atoms with Gasteiger partial charge < -0.3 is 0 Å². The SMILES string of the molecule is O=C(OCc1ccccc1)[AsH]/C(=C\CC(F)(F)F)C(=O)O. The number of benzene rings is 1. The zero-order valence-corrected chi connectivity index (χ0v) is 12.8. The standard InChI is InChI=1S/C13H12AsF3O4/c15-13(16,17)7-6-10(11(18)19)14-12(20)21-8-9-4-2-1-3-5-9/h1-6,14H,7-8H2,(H,18,19)/b10-6-. The van der Waals surface area contributed by atoms with Crippen molar-refractivity contribution in [3.05, 3.63) is 46.3 Å². The van der Waals surface area contributed by atoms with Crippen molar-refractivity contribution in [3.8, 4) is 0 Å². The van der Waals surface area contributed by atoms with Gasteiger partial charge in [0.05, 0.1) is 0 Å².